The van der Waals surface area contributed by atoms with E-state index in [1.807, 2.05) is 0 Å². The Kier molecular flexibility index (Phi) is 2.81. The maximum Gasteiger partial charge on any atom is 0.212 e. The lowest BCUT2D eigenvalue weighted by molar-refractivity contribution is -0.660. The van der Waals surface area contributed by atoms with Crippen LogP contribution in [0, 0.1) is 12.8 Å². The first-order chi connectivity index (χ1) is 10.3. The fourth-order valence-corrected chi connectivity index (χ4v) is 3.87. The van der Waals surface area contributed by atoms with E-state index >= 15 is 0 Å². The first kappa shape index (κ1) is 12.6. The Morgan fingerprint density at radius 1 is 1.05 bits per heavy atom. The smallest absolute Gasteiger partial charge is 0.201 e. The van der Waals surface area contributed by atoms with Crippen molar-refractivity contribution in [2.45, 2.75) is 19.3 Å². The van der Waals surface area contributed by atoms with E-state index in [1.165, 1.54) is 22.4 Å². The summed E-state index contributed by atoms with van der Waals surface area (Å²) in [4.78, 5) is 0. The second-order valence-electron chi connectivity index (χ2n) is 6.19. The molecule has 0 saturated carbocycles. The molecule has 0 amide bonds. The van der Waals surface area contributed by atoms with Gasteiger partial charge < -0.3 is 0 Å². The maximum atomic E-state index is 2.37. The van der Waals surface area contributed by atoms with Crippen molar-refractivity contribution < 1.29 is 4.57 Å². The minimum Gasteiger partial charge on any atom is -0.201 e. The molecule has 0 radical (unpaired) electrons. The highest BCUT2D eigenvalue weighted by atomic mass is 14.9. The van der Waals surface area contributed by atoms with Crippen molar-refractivity contribution in [1.29, 1.82) is 0 Å². The first-order valence-electron chi connectivity index (χ1n) is 7.68. The van der Waals surface area contributed by atoms with Crippen molar-refractivity contribution in [3.8, 4) is 11.3 Å². The number of hydrogen-bond donors (Lipinski definition) is 0. The van der Waals surface area contributed by atoms with Crippen LogP contribution in [0.3, 0.4) is 0 Å². The quantitative estimate of drug-likeness (QED) is 0.695. The molecule has 1 nitrogen and oxygen atoms in total. The summed E-state index contributed by atoms with van der Waals surface area (Å²) in [5.41, 5.74) is 7.19. The van der Waals surface area contributed by atoms with Gasteiger partial charge in [0.05, 0.1) is 5.56 Å². The van der Waals surface area contributed by atoms with Crippen LogP contribution in [-0.2, 0) is 13.5 Å². The molecule has 0 N–H and O–H groups in total. The Morgan fingerprint density at radius 2 is 1.90 bits per heavy atom. The molecule has 1 aromatic heterocycles. The summed E-state index contributed by atoms with van der Waals surface area (Å²) in [7, 11) is 2.13. The number of nitrogens with zero attached hydrogens (tertiary/aromatic N) is 1. The Labute approximate surface area is 126 Å². The molecule has 2 atom stereocenters. The van der Waals surface area contributed by atoms with Gasteiger partial charge in [-0.15, -0.1) is 0 Å². The normalized spacial score (nSPS) is 22.2. The molecule has 4 rings (SSSR count). The molecule has 0 spiro atoms. The predicted octanol–water partition coefficient (Wildman–Crippen LogP) is 3.87. The molecular formula is C20H20N+. The second-order valence-corrected chi connectivity index (χ2v) is 6.19. The van der Waals surface area contributed by atoms with Gasteiger partial charge >= 0.3 is 0 Å². The van der Waals surface area contributed by atoms with Gasteiger partial charge in [-0.3, -0.25) is 0 Å². The third-order valence-electron chi connectivity index (χ3n) is 4.92. The van der Waals surface area contributed by atoms with Crippen molar-refractivity contribution in [3.63, 3.8) is 0 Å². The molecule has 0 aliphatic heterocycles. The van der Waals surface area contributed by atoms with Crippen LogP contribution in [0.25, 0.3) is 11.3 Å². The molecule has 0 bridgehead atoms. The molecular weight excluding hydrogens is 254 g/mol. The molecule has 0 saturated heterocycles. The number of hydrogen-bond acceptors (Lipinski definition) is 0. The summed E-state index contributed by atoms with van der Waals surface area (Å²) in [6.07, 6.45) is 12.4. The van der Waals surface area contributed by atoms with E-state index in [0.717, 1.165) is 6.42 Å². The molecule has 1 heteroatoms. The van der Waals surface area contributed by atoms with Crippen molar-refractivity contribution in [1.82, 2.24) is 0 Å². The molecule has 0 fully saturated rings. The molecule has 1 heterocycles. The van der Waals surface area contributed by atoms with E-state index < -0.39 is 0 Å². The van der Waals surface area contributed by atoms with Crippen LogP contribution in [-0.4, -0.2) is 0 Å². The Balaban J connectivity index is 1.95. The lowest BCUT2D eigenvalue weighted by Crippen LogP contribution is -2.30. The van der Waals surface area contributed by atoms with Crippen LogP contribution >= 0.6 is 0 Å². The number of fused-ring (bicyclic) bond motifs is 3. The zero-order valence-corrected chi connectivity index (χ0v) is 12.6. The van der Waals surface area contributed by atoms with Crippen molar-refractivity contribution in [3.05, 3.63) is 77.5 Å². The SMILES string of the molecule is Cc1ccc2c(c1-c1cccc[n+]1C)CC1C=CC=CC21. The van der Waals surface area contributed by atoms with E-state index in [9.17, 15) is 0 Å². The Bertz CT molecular complexity index is 767. The van der Waals surface area contributed by atoms with Gasteiger partial charge in [-0.2, -0.15) is 0 Å². The van der Waals surface area contributed by atoms with Crippen molar-refractivity contribution >= 4 is 0 Å². The molecule has 21 heavy (non-hydrogen) atoms. The third kappa shape index (κ3) is 1.88. The fraction of sp³-hybridized carbons (Fsp3) is 0.250. The van der Waals surface area contributed by atoms with E-state index in [-0.39, 0.29) is 0 Å². The average molecular weight is 274 g/mol. The summed E-state index contributed by atoms with van der Waals surface area (Å²) in [6.45, 7) is 2.23. The van der Waals surface area contributed by atoms with Gasteiger partial charge in [0.1, 0.15) is 7.05 Å². The van der Waals surface area contributed by atoms with E-state index in [1.54, 1.807) is 5.56 Å². The lowest BCUT2D eigenvalue weighted by atomic mass is 9.89. The van der Waals surface area contributed by atoms with E-state index in [0.29, 0.717) is 11.8 Å². The minimum absolute atomic E-state index is 0.568. The fourth-order valence-electron chi connectivity index (χ4n) is 3.87. The van der Waals surface area contributed by atoms with Gasteiger partial charge in [0.2, 0.25) is 5.69 Å². The molecule has 2 aromatic rings. The highest BCUT2D eigenvalue weighted by molar-refractivity contribution is 5.69. The van der Waals surface area contributed by atoms with Crippen LogP contribution < -0.4 is 4.57 Å². The predicted molar refractivity (Wildman–Crippen MR) is 86.0 cm³/mol. The summed E-state index contributed by atoms with van der Waals surface area (Å²) in [6, 6.07) is 11.1. The number of allylic oxidation sites excluding steroid dienone is 4. The standard InChI is InChI=1S/C20H20N/c1-14-10-11-17-16-8-4-3-7-15(16)13-18(17)20(14)19-9-5-6-12-21(19)2/h3-12,15-16H,13H2,1-2H3/q+1. The van der Waals surface area contributed by atoms with Crippen molar-refractivity contribution in [2.24, 2.45) is 13.0 Å². The molecule has 2 aliphatic rings. The van der Waals surface area contributed by atoms with E-state index in [4.69, 9.17) is 0 Å². The van der Waals surface area contributed by atoms with Crippen molar-refractivity contribution in [2.75, 3.05) is 0 Å². The van der Waals surface area contributed by atoms with Crippen LogP contribution in [0.2, 0.25) is 0 Å². The Hall–Kier alpha value is -2.15. The second kappa shape index (κ2) is 4.70. The molecule has 104 valence electrons. The van der Waals surface area contributed by atoms with Crippen LogP contribution in [0.1, 0.15) is 22.6 Å². The highest BCUT2D eigenvalue weighted by Crippen LogP contribution is 2.45. The number of aryl methyl sites for hydroxylation is 2. The van der Waals surface area contributed by atoms with Crippen LogP contribution in [0.15, 0.2) is 60.8 Å². The summed E-state index contributed by atoms with van der Waals surface area (Å²) < 4.78 is 2.23. The Morgan fingerprint density at radius 3 is 2.76 bits per heavy atom. The van der Waals surface area contributed by atoms with Gasteiger partial charge in [0.15, 0.2) is 6.20 Å². The monoisotopic (exact) mass is 274 g/mol. The van der Waals surface area contributed by atoms with Crippen LogP contribution in [0.5, 0.6) is 0 Å². The number of pyridine rings is 1. The molecule has 1 aromatic carbocycles. The van der Waals surface area contributed by atoms with E-state index in [2.05, 4.69) is 79.4 Å². The summed E-state index contributed by atoms with van der Waals surface area (Å²) in [5, 5.41) is 0. The zero-order chi connectivity index (χ0) is 14.4. The minimum atomic E-state index is 0.568. The average Bonchev–Trinajstić information content (AvgIpc) is 2.87. The number of rotatable bonds is 1. The third-order valence-corrected chi connectivity index (χ3v) is 4.92. The topological polar surface area (TPSA) is 3.88 Å². The number of benzene rings is 1. The van der Waals surface area contributed by atoms with Gasteiger partial charge in [-0.05, 0) is 42.0 Å². The lowest BCUT2D eigenvalue weighted by Gasteiger charge is -2.15. The van der Waals surface area contributed by atoms with Gasteiger partial charge in [0.25, 0.3) is 0 Å². The van der Waals surface area contributed by atoms with Crippen LogP contribution in [0.4, 0.5) is 0 Å². The zero-order valence-electron chi connectivity index (χ0n) is 12.6. The molecule has 2 unspecified atom stereocenters. The summed E-state index contributed by atoms with van der Waals surface area (Å²) in [5.74, 6) is 1.21. The molecule has 2 aliphatic carbocycles. The number of aromatic nitrogens is 1. The van der Waals surface area contributed by atoms with Gasteiger partial charge in [-0.1, -0.05) is 36.4 Å². The maximum absolute atomic E-state index is 2.37. The highest BCUT2D eigenvalue weighted by Gasteiger charge is 2.33. The summed E-state index contributed by atoms with van der Waals surface area (Å²) >= 11 is 0. The largest absolute Gasteiger partial charge is 0.212 e. The first-order valence-corrected chi connectivity index (χ1v) is 7.68. The van der Waals surface area contributed by atoms with Gasteiger partial charge in [0, 0.05) is 18.1 Å². The van der Waals surface area contributed by atoms with Gasteiger partial charge in [-0.25, -0.2) is 4.57 Å².